The molecule has 5 nitrogen and oxygen atoms in total. The van der Waals surface area contributed by atoms with E-state index in [0.29, 0.717) is 23.9 Å². The van der Waals surface area contributed by atoms with Crippen molar-refractivity contribution in [1.82, 2.24) is 10.2 Å². The van der Waals surface area contributed by atoms with Gasteiger partial charge in [0.2, 0.25) is 5.91 Å². The Bertz CT molecular complexity index is 775. The van der Waals surface area contributed by atoms with Crippen LogP contribution >= 0.6 is 11.6 Å². The predicted octanol–water partition coefficient (Wildman–Crippen LogP) is 3.83. The Hall–Kier alpha value is -2.53. The fourth-order valence-corrected chi connectivity index (χ4v) is 2.87. The number of nitrogens with one attached hydrogen (secondary N) is 1. The highest BCUT2D eigenvalue weighted by atomic mass is 35.5. The van der Waals surface area contributed by atoms with E-state index in [1.807, 2.05) is 43.3 Å². The van der Waals surface area contributed by atoms with Gasteiger partial charge in [-0.2, -0.15) is 0 Å². The molecule has 1 atom stereocenters. The smallest absolute Gasteiger partial charge is 0.261 e. The van der Waals surface area contributed by atoms with Gasteiger partial charge in [-0.05, 0) is 55.7 Å². The average molecular weight is 403 g/mol. The highest BCUT2D eigenvalue weighted by Crippen LogP contribution is 2.16. The van der Waals surface area contributed by atoms with Crippen molar-refractivity contribution in [3.05, 3.63) is 64.7 Å². The fourth-order valence-electron chi connectivity index (χ4n) is 2.74. The Morgan fingerprint density at radius 3 is 2.21 bits per heavy atom. The number of aryl methyl sites for hydroxylation is 1. The molecule has 0 aliphatic rings. The molecule has 0 saturated heterocycles. The monoisotopic (exact) mass is 402 g/mol. The Balaban J connectivity index is 2.10. The predicted molar refractivity (Wildman–Crippen MR) is 111 cm³/mol. The summed E-state index contributed by atoms with van der Waals surface area (Å²) in [6.07, 6.45) is 0.943. The fraction of sp³-hybridized carbons (Fsp3) is 0.364. The van der Waals surface area contributed by atoms with Crippen molar-refractivity contribution in [3.63, 3.8) is 0 Å². The molecule has 150 valence electrons. The highest BCUT2D eigenvalue weighted by Gasteiger charge is 2.26. The number of halogens is 1. The molecule has 2 aromatic rings. The number of likely N-dealkylation sites (N-methyl/N-ethyl adjacent to an activating group) is 1. The Kier molecular flexibility index (Phi) is 8.33. The zero-order valence-electron chi connectivity index (χ0n) is 16.6. The van der Waals surface area contributed by atoms with Gasteiger partial charge in [0.05, 0.1) is 0 Å². The van der Waals surface area contributed by atoms with Crippen LogP contribution in [-0.2, 0) is 22.6 Å². The molecular formula is C22H27ClN2O3. The summed E-state index contributed by atoms with van der Waals surface area (Å²) in [7, 11) is 0. The van der Waals surface area contributed by atoms with Gasteiger partial charge in [0.25, 0.3) is 5.91 Å². The number of hydrogen-bond donors (Lipinski definition) is 1. The lowest BCUT2D eigenvalue weighted by atomic mass is 10.1. The Morgan fingerprint density at radius 2 is 1.64 bits per heavy atom. The molecule has 2 aromatic carbocycles. The van der Waals surface area contributed by atoms with E-state index in [1.54, 1.807) is 19.1 Å². The molecule has 6 heteroatoms. The minimum Gasteiger partial charge on any atom is -0.484 e. The third kappa shape index (κ3) is 6.27. The lowest BCUT2D eigenvalue weighted by molar-refractivity contribution is -0.142. The van der Waals surface area contributed by atoms with E-state index in [9.17, 15) is 9.59 Å². The Labute approximate surface area is 171 Å². The van der Waals surface area contributed by atoms with E-state index in [1.165, 1.54) is 10.5 Å². The van der Waals surface area contributed by atoms with Crippen LogP contribution in [0.25, 0.3) is 0 Å². The van der Waals surface area contributed by atoms with Crippen LogP contribution in [-0.4, -0.2) is 35.9 Å². The van der Waals surface area contributed by atoms with Crippen LogP contribution in [0, 0.1) is 0 Å². The molecule has 0 aliphatic heterocycles. The average Bonchev–Trinajstić information content (AvgIpc) is 2.71. The molecule has 28 heavy (non-hydrogen) atoms. The summed E-state index contributed by atoms with van der Waals surface area (Å²) in [6, 6.07) is 14.3. The normalized spacial score (nSPS) is 11.6. The summed E-state index contributed by atoms with van der Waals surface area (Å²) in [5, 5.41) is 3.39. The third-order valence-electron chi connectivity index (χ3n) is 4.48. The van der Waals surface area contributed by atoms with Crippen LogP contribution in [0.5, 0.6) is 5.75 Å². The first kappa shape index (κ1) is 21.8. The quantitative estimate of drug-likeness (QED) is 0.693. The van der Waals surface area contributed by atoms with Crippen LogP contribution in [0.2, 0.25) is 5.02 Å². The number of ether oxygens (including phenoxy) is 1. The number of hydrogen-bond acceptors (Lipinski definition) is 3. The van der Waals surface area contributed by atoms with Crippen molar-refractivity contribution in [2.24, 2.45) is 0 Å². The molecule has 0 heterocycles. The second-order valence-corrected chi connectivity index (χ2v) is 6.94. The van der Waals surface area contributed by atoms with Gasteiger partial charge in [-0.25, -0.2) is 0 Å². The van der Waals surface area contributed by atoms with Gasteiger partial charge in [0, 0.05) is 18.1 Å². The van der Waals surface area contributed by atoms with Crippen LogP contribution < -0.4 is 10.1 Å². The Morgan fingerprint density at radius 1 is 1.04 bits per heavy atom. The van der Waals surface area contributed by atoms with Crippen molar-refractivity contribution in [2.45, 2.75) is 39.8 Å². The van der Waals surface area contributed by atoms with Crippen molar-refractivity contribution >= 4 is 23.4 Å². The zero-order chi connectivity index (χ0) is 20.5. The zero-order valence-corrected chi connectivity index (χ0v) is 17.3. The first-order chi connectivity index (χ1) is 13.4. The van der Waals surface area contributed by atoms with Gasteiger partial charge in [0.15, 0.2) is 6.61 Å². The maximum Gasteiger partial charge on any atom is 0.261 e. The van der Waals surface area contributed by atoms with Crippen LogP contribution in [0.15, 0.2) is 48.5 Å². The minimum absolute atomic E-state index is 0.136. The molecule has 0 saturated carbocycles. The SMILES string of the molecule is CCNC(=O)[C@H](C)N(Cc1ccc(Cl)cc1)C(=O)COc1ccc(CC)cc1. The molecule has 0 radical (unpaired) electrons. The molecule has 0 spiro atoms. The largest absolute Gasteiger partial charge is 0.484 e. The molecule has 1 N–H and O–H groups in total. The van der Waals surface area contributed by atoms with Gasteiger partial charge >= 0.3 is 0 Å². The number of nitrogens with zero attached hydrogens (tertiary/aromatic N) is 1. The number of carbonyl (C=O) groups excluding carboxylic acids is 2. The standard InChI is InChI=1S/C22H27ClN2O3/c1-4-17-8-12-20(13-9-17)28-15-21(26)25(16(3)22(27)24-5-2)14-18-6-10-19(23)11-7-18/h6-13,16H,4-5,14-15H2,1-3H3,(H,24,27)/t16-/m0/s1. The van der Waals surface area contributed by atoms with Crippen molar-refractivity contribution in [3.8, 4) is 5.75 Å². The molecule has 0 bridgehead atoms. The summed E-state index contributed by atoms with van der Waals surface area (Å²) < 4.78 is 5.65. The molecule has 0 aliphatic carbocycles. The van der Waals surface area contributed by atoms with Crippen molar-refractivity contribution < 1.29 is 14.3 Å². The molecule has 0 fully saturated rings. The van der Waals surface area contributed by atoms with Crippen LogP contribution in [0.1, 0.15) is 31.9 Å². The maximum atomic E-state index is 12.9. The minimum atomic E-state index is -0.616. The molecule has 0 unspecified atom stereocenters. The second-order valence-electron chi connectivity index (χ2n) is 6.50. The third-order valence-corrected chi connectivity index (χ3v) is 4.73. The molecule has 2 amide bonds. The first-order valence-corrected chi connectivity index (χ1v) is 9.85. The van der Waals surface area contributed by atoms with E-state index in [2.05, 4.69) is 12.2 Å². The topological polar surface area (TPSA) is 58.6 Å². The van der Waals surface area contributed by atoms with E-state index < -0.39 is 6.04 Å². The van der Waals surface area contributed by atoms with Gasteiger partial charge in [-0.3, -0.25) is 9.59 Å². The number of amides is 2. The second kappa shape index (κ2) is 10.7. The van der Waals surface area contributed by atoms with E-state index in [0.717, 1.165) is 12.0 Å². The van der Waals surface area contributed by atoms with Crippen molar-refractivity contribution in [1.29, 1.82) is 0 Å². The first-order valence-electron chi connectivity index (χ1n) is 9.48. The maximum absolute atomic E-state index is 12.9. The number of rotatable bonds is 9. The highest BCUT2D eigenvalue weighted by molar-refractivity contribution is 6.30. The van der Waals surface area contributed by atoms with Gasteiger partial charge in [0.1, 0.15) is 11.8 Å². The lowest BCUT2D eigenvalue weighted by Gasteiger charge is -2.28. The number of benzene rings is 2. The summed E-state index contributed by atoms with van der Waals surface area (Å²) in [4.78, 5) is 26.7. The van der Waals surface area contributed by atoms with Crippen molar-refractivity contribution in [2.75, 3.05) is 13.2 Å². The van der Waals surface area contributed by atoms with Gasteiger partial charge < -0.3 is 15.0 Å². The van der Waals surface area contributed by atoms with Gasteiger partial charge in [-0.1, -0.05) is 42.8 Å². The van der Waals surface area contributed by atoms with Crippen LogP contribution in [0.4, 0.5) is 0 Å². The molecule has 2 rings (SSSR count). The summed E-state index contributed by atoms with van der Waals surface area (Å²) in [5.74, 6) is 0.174. The summed E-state index contributed by atoms with van der Waals surface area (Å²) in [6.45, 7) is 6.31. The van der Waals surface area contributed by atoms with Gasteiger partial charge in [-0.15, -0.1) is 0 Å². The summed E-state index contributed by atoms with van der Waals surface area (Å²) >= 11 is 5.94. The summed E-state index contributed by atoms with van der Waals surface area (Å²) in [5.41, 5.74) is 2.09. The van der Waals surface area contributed by atoms with E-state index >= 15 is 0 Å². The van der Waals surface area contributed by atoms with Crippen LogP contribution in [0.3, 0.4) is 0 Å². The van der Waals surface area contributed by atoms with E-state index in [-0.39, 0.29) is 18.4 Å². The molecular weight excluding hydrogens is 376 g/mol. The number of carbonyl (C=O) groups is 2. The van der Waals surface area contributed by atoms with E-state index in [4.69, 9.17) is 16.3 Å². The molecule has 0 aromatic heterocycles. The lowest BCUT2D eigenvalue weighted by Crippen LogP contribution is -2.49.